The Hall–Kier alpha value is -1.96. The average molecular weight is 331 g/mol. The van der Waals surface area contributed by atoms with Crippen molar-refractivity contribution < 1.29 is 26.7 Å². The Kier molecular flexibility index (Phi) is 4.80. The molecule has 0 spiro atoms. The van der Waals surface area contributed by atoms with Gasteiger partial charge in [0.2, 0.25) is 9.84 Å². The van der Waals surface area contributed by atoms with Crippen LogP contribution in [-0.4, -0.2) is 28.0 Å². The smallest absolute Gasteiger partial charge is 0.351 e. The van der Waals surface area contributed by atoms with Crippen LogP contribution in [0.5, 0.6) is 0 Å². The van der Waals surface area contributed by atoms with E-state index in [9.17, 15) is 22.0 Å². The molecule has 8 heteroatoms. The fourth-order valence-corrected chi connectivity index (χ4v) is 3.82. The van der Waals surface area contributed by atoms with Gasteiger partial charge in [-0.1, -0.05) is 0 Å². The number of hydrogen-bond acceptors (Lipinski definition) is 5. The fourth-order valence-electron chi connectivity index (χ4n) is 2.24. The largest absolute Gasteiger partial charge is 0.465 e. The maximum Gasteiger partial charge on any atom is 0.351 e. The topological polar surface area (TPSA) is 72.5 Å². The number of benzene rings is 1. The number of methoxy groups -OCH3 is 1. The molecule has 0 atom stereocenters. The van der Waals surface area contributed by atoms with E-state index in [-0.39, 0.29) is 5.70 Å². The number of piperidine rings is 1. The normalized spacial score (nSPS) is 17.6. The Morgan fingerprint density at radius 1 is 1.27 bits per heavy atom. The van der Waals surface area contributed by atoms with Crippen LogP contribution in [-0.2, 0) is 19.4 Å². The van der Waals surface area contributed by atoms with Gasteiger partial charge in [0.1, 0.15) is 16.5 Å². The predicted molar refractivity (Wildman–Crippen MR) is 74.4 cm³/mol. The zero-order valence-electron chi connectivity index (χ0n) is 11.9. The van der Waals surface area contributed by atoms with Crippen molar-refractivity contribution in [3.8, 4) is 0 Å². The van der Waals surface area contributed by atoms with Gasteiger partial charge in [0.15, 0.2) is 4.91 Å². The second-order valence-corrected chi connectivity index (χ2v) is 6.62. The molecule has 22 heavy (non-hydrogen) atoms. The highest BCUT2D eigenvalue weighted by atomic mass is 32.2. The minimum atomic E-state index is -4.46. The van der Waals surface area contributed by atoms with E-state index in [4.69, 9.17) is 0 Å². The van der Waals surface area contributed by atoms with Gasteiger partial charge in [-0.25, -0.2) is 22.0 Å². The second kappa shape index (κ2) is 6.43. The van der Waals surface area contributed by atoms with E-state index in [1.807, 2.05) is 0 Å². The van der Waals surface area contributed by atoms with Gasteiger partial charge in [-0.3, -0.25) is 0 Å². The summed E-state index contributed by atoms with van der Waals surface area (Å²) in [6, 6.07) is 2.08. The van der Waals surface area contributed by atoms with Crippen molar-refractivity contribution >= 4 is 15.8 Å². The molecule has 0 radical (unpaired) electrons. The van der Waals surface area contributed by atoms with Crippen LogP contribution in [0.2, 0.25) is 0 Å². The van der Waals surface area contributed by atoms with Gasteiger partial charge in [0.25, 0.3) is 0 Å². The minimum Gasteiger partial charge on any atom is -0.465 e. The zero-order valence-corrected chi connectivity index (χ0v) is 12.7. The summed E-state index contributed by atoms with van der Waals surface area (Å²) in [7, 11) is -3.41. The van der Waals surface area contributed by atoms with Gasteiger partial charge >= 0.3 is 5.97 Å². The number of rotatable bonds is 3. The highest BCUT2D eigenvalue weighted by Crippen LogP contribution is 2.28. The standard InChI is InChI=1S/C14H15F2NO4S/c1-21-14(18)13(11-4-2-3-7-17-11)22(19,20)12-6-5-9(15)8-10(12)16/h5-6,8,17H,2-4,7H2,1H3/b13-11+. The predicted octanol–water partition coefficient (Wildman–Crippen LogP) is 1.90. The molecule has 1 aliphatic heterocycles. The molecule has 120 valence electrons. The Bertz CT molecular complexity index is 720. The fraction of sp³-hybridized carbons (Fsp3) is 0.357. The number of ether oxygens (including phenoxy) is 1. The van der Waals surface area contributed by atoms with Crippen LogP contribution in [0.1, 0.15) is 19.3 Å². The van der Waals surface area contributed by atoms with Crippen LogP contribution in [0, 0.1) is 11.6 Å². The Morgan fingerprint density at radius 2 is 2.00 bits per heavy atom. The van der Waals surface area contributed by atoms with Gasteiger partial charge in [-0.05, 0) is 31.4 Å². The molecule has 1 saturated heterocycles. The van der Waals surface area contributed by atoms with Crippen molar-refractivity contribution in [1.29, 1.82) is 0 Å². The average Bonchev–Trinajstić information content (AvgIpc) is 2.47. The van der Waals surface area contributed by atoms with Crippen molar-refractivity contribution in [2.45, 2.75) is 24.2 Å². The van der Waals surface area contributed by atoms with E-state index >= 15 is 0 Å². The molecule has 1 aromatic rings. The van der Waals surface area contributed by atoms with Crippen molar-refractivity contribution in [3.05, 3.63) is 40.4 Å². The minimum absolute atomic E-state index is 0.196. The molecule has 0 aliphatic carbocycles. The number of carbonyl (C=O) groups excluding carboxylic acids is 1. The number of hydrogen-bond donors (Lipinski definition) is 1. The summed E-state index contributed by atoms with van der Waals surface area (Å²) in [5.41, 5.74) is 0.196. The zero-order chi connectivity index (χ0) is 16.3. The van der Waals surface area contributed by atoms with Gasteiger partial charge < -0.3 is 10.1 Å². The van der Waals surface area contributed by atoms with E-state index < -0.39 is 37.2 Å². The van der Waals surface area contributed by atoms with Crippen LogP contribution in [0.25, 0.3) is 0 Å². The van der Waals surface area contributed by atoms with Gasteiger partial charge in [-0.2, -0.15) is 0 Å². The molecule has 0 aromatic heterocycles. The Balaban J connectivity index is 2.62. The SMILES string of the molecule is COC(=O)/C(=C1/CCCCN1)S(=O)(=O)c1ccc(F)cc1F. The van der Waals surface area contributed by atoms with Crippen molar-refractivity contribution in [1.82, 2.24) is 5.32 Å². The number of halogens is 2. The number of esters is 1. The van der Waals surface area contributed by atoms with Crippen molar-refractivity contribution in [2.24, 2.45) is 0 Å². The summed E-state index contributed by atoms with van der Waals surface area (Å²) in [6.45, 7) is 0.511. The summed E-state index contributed by atoms with van der Waals surface area (Å²) in [5, 5.41) is 2.84. The highest BCUT2D eigenvalue weighted by Gasteiger charge is 2.34. The molecule has 1 N–H and O–H groups in total. The molecule has 2 rings (SSSR count). The summed E-state index contributed by atoms with van der Waals surface area (Å²) < 4.78 is 56.5. The maximum absolute atomic E-state index is 13.8. The highest BCUT2D eigenvalue weighted by molar-refractivity contribution is 7.96. The van der Waals surface area contributed by atoms with E-state index in [0.717, 1.165) is 25.7 Å². The monoisotopic (exact) mass is 331 g/mol. The van der Waals surface area contributed by atoms with Gasteiger partial charge in [0, 0.05) is 18.3 Å². The number of carbonyl (C=O) groups is 1. The molecular formula is C14H15F2NO4S. The molecule has 1 aliphatic rings. The molecule has 1 aromatic carbocycles. The second-order valence-electron chi connectivity index (χ2n) is 4.76. The van der Waals surface area contributed by atoms with Crippen LogP contribution in [0.15, 0.2) is 33.7 Å². The Morgan fingerprint density at radius 3 is 2.55 bits per heavy atom. The lowest BCUT2D eigenvalue weighted by molar-refractivity contribution is -0.135. The number of nitrogens with one attached hydrogen (secondary N) is 1. The molecule has 0 amide bonds. The Labute approximate surface area is 126 Å². The van der Waals surface area contributed by atoms with E-state index in [1.54, 1.807) is 0 Å². The van der Waals surface area contributed by atoms with E-state index in [0.29, 0.717) is 25.5 Å². The first-order valence-electron chi connectivity index (χ1n) is 6.63. The summed E-state index contributed by atoms with van der Waals surface area (Å²) in [5.74, 6) is -3.23. The molecule has 5 nitrogen and oxygen atoms in total. The van der Waals surface area contributed by atoms with Crippen LogP contribution < -0.4 is 5.32 Å². The van der Waals surface area contributed by atoms with Gasteiger partial charge in [0.05, 0.1) is 7.11 Å². The lowest BCUT2D eigenvalue weighted by atomic mass is 10.1. The van der Waals surface area contributed by atoms with Gasteiger partial charge in [-0.15, -0.1) is 0 Å². The van der Waals surface area contributed by atoms with Crippen LogP contribution in [0.4, 0.5) is 8.78 Å². The lowest BCUT2D eigenvalue weighted by Crippen LogP contribution is -2.28. The third-order valence-corrected chi connectivity index (χ3v) is 5.15. The first-order chi connectivity index (χ1) is 10.4. The first-order valence-corrected chi connectivity index (χ1v) is 8.11. The van der Waals surface area contributed by atoms with Crippen molar-refractivity contribution in [3.63, 3.8) is 0 Å². The molecule has 0 unspecified atom stereocenters. The molecule has 1 heterocycles. The molecular weight excluding hydrogens is 316 g/mol. The molecule has 0 saturated carbocycles. The quantitative estimate of drug-likeness (QED) is 0.520. The number of sulfone groups is 1. The maximum atomic E-state index is 13.8. The van der Waals surface area contributed by atoms with E-state index in [2.05, 4.69) is 10.1 Å². The molecule has 0 bridgehead atoms. The number of allylic oxidation sites excluding steroid dienone is 1. The molecule has 1 fully saturated rings. The third kappa shape index (κ3) is 3.11. The summed E-state index contributed by atoms with van der Waals surface area (Å²) >= 11 is 0. The third-order valence-electron chi connectivity index (χ3n) is 3.29. The lowest BCUT2D eigenvalue weighted by Gasteiger charge is -2.20. The van der Waals surface area contributed by atoms with Crippen molar-refractivity contribution in [2.75, 3.05) is 13.7 Å². The first kappa shape index (κ1) is 16.4. The summed E-state index contributed by atoms with van der Waals surface area (Å²) in [4.78, 5) is 10.5. The summed E-state index contributed by atoms with van der Waals surface area (Å²) in [6.07, 6.45) is 1.87. The van der Waals surface area contributed by atoms with Crippen LogP contribution >= 0.6 is 0 Å². The van der Waals surface area contributed by atoms with E-state index in [1.165, 1.54) is 0 Å². The van der Waals surface area contributed by atoms with Crippen LogP contribution in [0.3, 0.4) is 0 Å².